The molecule has 0 spiro atoms. The van der Waals surface area contributed by atoms with Crippen molar-refractivity contribution in [3.63, 3.8) is 0 Å². The van der Waals surface area contributed by atoms with Crippen molar-refractivity contribution in [3.8, 4) is 23.8 Å². The Labute approximate surface area is 89.0 Å². The molecule has 1 aromatic carbocycles. The van der Waals surface area contributed by atoms with Crippen molar-refractivity contribution in [1.29, 1.82) is 0 Å². The predicted octanol–water partition coefficient (Wildman–Crippen LogP) is 1.91. The number of benzene rings is 1. The molecular weight excluding hydrogens is 192 g/mol. The van der Waals surface area contributed by atoms with Crippen LogP contribution in [-0.4, -0.2) is 20.0 Å². The molecule has 0 saturated carbocycles. The monoisotopic (exact) mass is 204 g/mol. The van der Waals surface area contributed by atoms with Crippen molar-refractivity contribution in [2.45, 2.75) is 6.42 Å². The van der Waals surface area contributed by atoms with Crippen molar-refractivity contribution in [1.82, 2.24) is 0 Å². The second kappa shape index (κ2) is 5.06. The van der Waals surface area contributed by atoms with Gasteiger partial charge in [0.15, 0.2) is 5.78 Å². The van der Waals surface area contributed by atoms with E-state index < -0.39 is 0 Å². The first-order chi connectivity index (χ1) is 7.24. The quantitative estimate of drug-likeness (QED) is 0.555. The first-order valence-corrected chi connectivity index (χ1v) is 4.42. The normalized spacial score (nSPS) is 9.13. The number of methoxy groups -OCH3 is 2. The summed E-state index contributed by atoms with van der Waals surface area (Å²) in [4.78, 5) is 11.7. The topological polar surface area (TPSA) is 35.5 Å². The van der Waals surface area contributed by atoms with Crippen LogP contribution < -0.4 is 9.47 Å². The van der Waals surface area contributed by atoms with Gasteiger partial charge in [0.1, 0.15) is 17.1 Å². The number of rotatable bonds is 4. The number of hydrogen-bond acceptors (Lipinski definition) is 3. The summed E-state index contributed by atoms with van der Waals surface area (Å²) in [5, 5.41) is 0. The number of carbonyl (C=O) groups is 1. The average Bonchev–Trinajstić information content (AvgIpc) is 2.28. The molecule has 0 unspecified atom stereocenters. The summed E-state index contributed by atoms with van der Waals surface area (Å²) < 4.78 is 10.2. The van der Waals surface area contributed by atoms with E-state index in [1.165, 1.54) is 14.2 Å². The summed E-state index contributed by atoms with van der Waals surface area (Å²) in [5.74, 6) is 3.10. The molecule has 3 heteroatoms. The molecule has 0 amide bonds. The third kappa shape index (κ3) is 2.29. The van der Waals surface area contributed by atoms with Gasteiger partial charge in [-0.05, 0) is 12.1 Å². The number of ether oxygens (including phenoxy) is 2. The van der Waals surface area contributed by atoms with Crippen molar-refractivity contribution in [2.24, 2.45) is 0 Å². The lowest BCUT2D eigenvalue weighted by molar-refractivity contribution is 0.0992. The highest BCUT2D eigenvalue weighted by Crippen LogP contribution is 2.29. The summed E-state index contributed by atoms with van der Waals surface area (Å²) in [5.41, 5.74) is 0.403. The molecule has 0 saturated heterocycles. The van der Waals surface area contributed by atoms with Gasteiger partial charge < -0.3 is 9.47 Å². The minimum atomic E-state index is -0.174. The molecule has 0 aromatic heterocycles. The first kappa shape index (κ1) is 11.1. The molecule has 0 atom stereocenters. The molecule has 15 heavy (non-hydrogen) atoms. The number of terminal acetylenes is 1. The Kier molecular flexibility index (Phi) is 3.75. The smallest absolute Gasteiger partial charge is 0.182 e. The third-order valence-corrected chi connectivity index (χ3v) is 1.97. The van der Waals surface area contributed by atoms with Crippen LogP contribution in [0.1, 0.15) is 16.8 Å². The van der Waals surface area contributed by atoms with Gasteiger partial charge in [-0.15, -0.1) is 6.42 Å². The summed E-state index contributed by atoms with van der Waals surface area (Å²) >= 11 is 0. The zero-order valence-electron chi connectivity index (χ0n) is 8.74. The minimum absolute atomic E-state index is 0.0384. The molecule has 0 N–H and O–H groups in total. The molecule has 0 aliphatic carbocycles. The number of hydrogen-bond donors (Lipinski definition) is 0. The average molecular weight is 204 g/mol. The van der Waals surface area contributed by atoms with Gasteiger partial charge in [0, 0.05) is 0 Å². The predicted molar refractivity (Wildman–Crippen MR) is 57.3 cm³/mol. The first-order valence-electron chi connectivity index (χ1n) is 4.42. The Morgan fingerprint density at radius 2 is 1.87 bits per heavy atom. The van der Waals surface area contributed by atoms with Gasteiger partial charge in [0.25, 0.3) is 0 Å². The fraction of sp³-hybridized carbons (Fsp3) is 0.250. The highest BCUT2D eigenvalue weighted by Gasteiger charge is 2.16. The van der Waals surface area contributed by atoms with Gasteiger partial charge >= 0.3 is 0 Å². The van der Waals surface area contributed by atoms with Crippen LogP contribution in [-0.2, 0) is 0 Å². The summed E-state index contributed by atoms with van der Waals surface area (Å²) in [6.07, 6.45) is 5.14. The lowest BCUT2D eigenvalue weighted by Crippen LogP contribution is -2.04. The van der Waals surface area contributed by atoms with Crippen LogP contribution in [0.25, 0.3) is 0 Å². The zero-order valence-corrected chi connectivity index (χ0v) is 8.74. The Morgan fingerprint density at radius 3 is 2.27 bits per heavy atom. The molecule has 78 valence electrons. The Balaban J connectivity index is 3.23. The maximum atomic E-state index is 11.7. The van der Waals surface area contributed by atoms with Crippen LogP contribution in [0.15, 0.2) is 18.2 Å². The summed E-state index contributed by atoms with van der Waals surface area (Å²) in [6, 6.07) is 5.16. The van der Waals surface area contributed by atoms with Crippen LogP contribution in [0.3, 0.4) is 0 Å². The molecule has 1 aromatic rings. The van der Waals surface area contributed by atoms with Gasteiger partial charge in [0.2, 0.25) is 0 Å². The Bertz CT molecular complexity index is 380. The van der Waals surface area contributed by atoms with E-state index in [0.717, 1.165) is 0 Å². The highest BCUT2D eigenvalue weighted by atomic mass is 16.5. The van der Waals surface area contributed by atoms with Gasteiger partial charge in [-0.3, -0.25) is 4.79 Å². The van der Waals surface area contributed by atoms with E-state index in [2.05, 4.69) is 5.92 Å². The van der Waals surface area contributed by atoms with Crippen LogP contribution >= 0.6 is 0 Å². The maximum absolute atomic E-state index is 11.7. The van der Waals surface area contributed by atoms with Crippen LogP contribution in [0.5, 0.6) is 11.5 Å². The fourth-order valence-electron chi connectivity index (χ4n) is 1.31. The molecule has 1 rings (SSSR count). The molecule has 0 radical (unpaired) electrons. The van der Waals surface area contributed by atoms with E-state index in [1.807, 2.05) is 0 Å². The van der Waals surface area contributed by atoms with Gasteiger partial charge in [-0.25, -0.2) is 0 Å². The number of Topliss-reactive ketones (excluding diaryl/α,β-unsaturated/α-hetero) is 1. The molecule has 0 bridgehead atoms. The summed E-state index contributed by atoms with van der Waals surface area (Å²) in [6.45, 7) is 0. The molecule has 3 nitrogen and oxygen atoms in total. The van der Waals surface area contributed by atoms with Gasteiger partial charge in [-0.2, -0.15) is 0 Å². The van der Waals surface area contributed by atoms with Crippen LogP contribution in [0.4, 0.5) is 0 Å². The zero-order chi connectivity index (χ0) is 11.3. The highest BCUT2D eigenvalue weighted by molar-refractivity contribution is 6.02. The standard InChI is InChI=1S/C12H12O3/c1-4-6-9(13)12-10(14-2)7-5-8-11(12)15-3/h1,5,7-8H,6H2,2-3H3. The Morgan fingerprint density at radius 1 is 1.33 bits per heavy atom. The van der Waals surface area contributed by atoms with Crippen molar-refractivity contribution < 1.29 is 14.3 Å². The summed E-state index contributed by atoms with van der Waals surface area (Å²) in [7, 11) is 3.00. The molecule has 0 fully saturated rings. The maximum Gasteiger partial charge on any atom is 0.182 e. The van der Waals surface area contributed by atoms with Crippen molar-refractivity contribution >= 4 is 5.78 Å². The Hall–Kier alpha value is -1.95. The lowest BCUT2D eigenvalue weighted by atomic mass is 10.1. The SMILES string of the molecule is C#CCC(=O)c1c(OC)cccc1OC. The van der Waals surface area contributed by atoms with E-state index in [-0.39, 0.29) is 12.2 Å². The van der Waals surface area contributed by atoms with Crippen LogP contribution in [0.2, 0.25) is 0 Å². The largest absolute Gasteiger partial charge is 0.496 e. The van der Waals surface area contributed by atoms with Crippen LogP contribution in [0, 0.1) is 12.3 Å². The number of ketones is 1. The molecule has 0 heterocycles. The number of carbonyl (C=O) groups excluding carboxylic acids is 1. The molecule has 0 aliphatic rings. The minimum Gasteiger partial charge on any atom is -0.496 e. The van der Waals surface area contributed by atoms with E-state index in [1.54, 1.807) is 18.2 Å². The van der Waals surface area contributed by atoms with E-state index in [0.29, 0.717) is 17.1 Å². The van der Waals surface area contributed by atoms with E-state index in [9.17, 15) is 4.79 Å². The fourth-order valence-corrected chi connectivity index (χ4v) is 1.31. The van der Waals surface area contributed by atoms with Crippen molar-refractivity contribution in [3.05, 3.63) is 23.8 Å². The second-order valence-electron chi connectivity index (χ2n) is 2.84. The lowest BCUT2D eigenvalue weighted by Gasteiger charge is -2.10. The third-order valence-electron chi connectivity index (χ3n) is 1.97. The van der Waals surface area contributed by atoms with E-state index in [4.69, 9.17) is 15.9 Å². The van der Waals surface area contributed by atoms with Gasteiger partial charge in [-0.1, -0.05) is 12.0 Å². The van der Waals surface area contributed by atoms with E-state index >= 15 is 0 Å². The molecule has 0 aliphatic heterocycles. The molecular formula is C12H12O3. The van der Waals surface area contributed by atoms with Crippen molar-refractivity contribution in [2.75, 3.05) is 14.2 Å². The second-order valence-corrected chi connectivity index (χ2v) is 2.84. The van der Waals surface area contributed by atoms with Gasteiger partial charge in [0.05, 0.1) is 20.6 Å².